The quantitative estimate of drug-likeness (QED) is 0.449. The number of hydrogen-bond donors (Lipinski definition) is 2. The summed E-state index contributed by atoms with van der Waals surface area (Å²) >= 11 is 0. The average Bonchev–Trinajstić information content (AvgIpc) is 2.40. The Hall–Kier alpha value is -2.00. The zero-order valence-electron chi connectivity index (χ0n) is 10.6. The molecule has 0 bridgehead atoms. The third-order valence-corrected chi connectivity index (χ3v) is 3.05. The van der Waals surface area contributed by atoms with Gasteiger partial charge in [0.2, 0.25) is 5.82 Å². The Morgan fingerprint density at radius 1 is 1.53 bits per heavy atom. The minimum absolute atomic E-state index is 0.0393. The Bertz CT molecular complexity index is 461. The maximum atomic E-state index is 11.0. The van der Waals surface area contributed by atoms with E-state index in [9.17, 15) is 10.1 Å². The van der Waals surface area contributed by atoms with Crippen molar-refractivity contribution in [1.29, 1.82) is 0 Å². The normalized spacial score (nSPS) is 17.2. The highest BCUT2D eigenvalue weighted by Gasteiger charge is 2.27. The van der Waals surface area contributed by atoms with Crippen molar-refractivity contribution in [2.45, 2.75) is 18.9 Å². The number of hydrazine groups is 1. The van der Waals surface area contributed by atoms with E-state index < -0.39 is 4.92 Å². The number of hydrogen-bond acceptors (Lipinski definition) is 8. The second kappa shape index (κ2) is 5.76. The SMILES string of the molecule is CN1CCC(Oc2ncnc(NN)c2[N+](=O)[O-])CC1. The van der Waals surface area contributed by atoms with Crippen molar-refractivity contribution < 1.29 is 9.66 Å². The van der Waals surface area contributed by atoms with Gasteiger partial charge in [-0.2, -0.15) is 4.98 Å². The average molecular weight is 268 g/mol. The maximum Gasteiger partial charge on any atom is 0.374 e. The molecule has 9 nitrogen and oxygen atoms in total. The molecule has 0 atom stereocenters. The summed E-state index contributed by atoms with van der Waals surface area (Å²) in [5.41, 5.74) is 1.85. The van der Waals surface area contributed by atoms with E-state index in [2.05, 4.69) is 20.3 Å². The first-order valence-electron chi connectivity index (χ1n) is 5.93. The third-order valence-electron chi connectivity index (χ3n) is 3.05. The summed E-state index contributed by atoms with van der Waals surface area (Å²) in [6, 6.07) is 0. The van der Waals surface area contributed by atoms with Crippen molar-refractivity contribution in [3.05, 3.63) is 16.4 Å². The van der Waals surface area contributed by atoms with Crippen LogP contribution in [-0.4, -0.2) is 46.0 Å². The lowest BCUT2D eigenvalue weighted by Crippen LogP contribution is -2.36. The van der Waals surface area contributed by atoms with Gasteiger partial charge in [0.1, 0.15) is 12.4 Å². The molecule has 0 amide bonds. The molecule has 2 heterocycles. The number of nitrogens with zero attached hydrogens (tertiary/aromatic N) is 4. The molecular weight excluding hydrogens is 252 g/mol. The molecule has 9 heteroatoms. The van der Waals surface area contributed by atoms with Crippen LogP contribution in [0.15, 0.2) is 6.33 Å². The summed E-state index contributed by atoms with van der Waals surface area (Å²) in [6.45, 7) is 1.79. The molecule has 1 fully saturated rings. The zero-order chi connectivity index (χ0) is 13.8. The number of aromatic nitrogens is 2. The molecule has 3 N–H and O–H groups in total. The number of nitrogen functional groups attached to an aromatic ring is 1. The highest BCUT2D eigenvalue weighted by molar-refractivity contribution is 5.60. The van der Waals surface area contributed by atoms with Crippen LogP contribution in [0.25, 0.3) is 0 Å². The van der Waals surface area contributed by atoms with Crippen molar-refractivity contribution >= 4 is 11.5 Å². The van der Waals surface area contributed by atoms with Gasteiger partial charge in [0.15, 0.2) is 0 Å². The zero-order valence-corrected chi connectivity index (χ0v) is 10.6. The molecule has 2 rings (SSSR count). The summed E-state index contributed by atoms with van der Waals surface area (Å²) in [5, 5.41) is 11.0. The number of rotatable bonds is 4. The summed E-state index contributed by atoms with van der Waals surface area (Å²) in [5.74, 6) is 5.11. The topological polar surface area (TPSA) is 119 Å². The first-order chi connectivity index (χ1) is 9.11. The molecule has 0 unspecified atom stereocenters. The molecular formula is C10H16N6O3. The van der Waals surface area contributed by atoms with Gasteiger partial charge < -0.3 is 15.1 Å². The van der Waals surface area contributed by atoms with Crippen LogP contribution >= 0.6 is 0 Å². The van der Waals surface area contributed by atoms with E-state index in [1.54, 1.807) is 0 Å². The van der Waals surface area contributed by atoms with Crippen molar-refractivity contribution in [2.75, 3.05) is 25.6 Å². The van der Waals surface area contributed by atoms with Crippen LogP contribution < -0.4 is 16.0 Å². The molecule has 0 saturated carbocycles. The van der Waals surface area contributed by atoms with Crippen molar-refractivity contribution in [2.24, 2.45) is 5.84 Å². The minimum Gasteiger partial charge on any atom is -0.469 e. The van der Waals surface area contributed by atoms with Crippen molar-refractivity contribution in [1.82, 2.24) is 14.9 Å². The highest BCUT2D eigenvalue weighted by Crippen LogP contribution is 2.31. The molecule has 1 aliphatic heterocycles. The fraction of sp³-hybridized carbons (Fsp3) is 0.600. The lowest BCUT2D eigenvalue weighted by molar-refractivity contribution is -0.385. The number of nitrogens with two attached hydrogens (primary N) is 1. The Morgan fingerprint density at radius 2 is 2.21 bits per heavy atom. The van der Waals surface area contributed by atoms with Gasteiger partial charge in [-0.15, -0.1) is 0 Å². The molecule has 1 aromatic rings. The summed E-state index contributed by atoms with van der Waals surface area (Å²) < 4.78 is 5.62. The standard InChI is InChI=1S/C10H16N6O3/c1-15-4-2-7(3-5-15)19-10-8(16(17)18)9(14-11)12-6-13-10/h6-7H,2-5,11H2,1H3,(H,12,13,14). The van der Waals surface area contributed by atoms with Gasteiger partial charge in [-0.25, -0.2) is 10.8 Å². The van der Waals surface area contributed by atoms with Crippen LogP contribution in [0.2, 0.25) is 0 Å². The van der Waals surface area contributed by atoms with Gasteiger partial charge in [-0.05, 0) is 19.9 Å². The summed E-state index contributed by atoms with van der Waals surface area (Å²) in [4.78, 5) is 20.2. The number of nitrogens with one attached hydrogen (secondary N) is 1. The fourth-order valence-corrected chi connectivity index (χ4v) is 1.98. The van der Waals surface area contributed by atoms with Crippen molar-refractivity contribution in [3.63, 3.8) is 0 Å². The minimum atomic E-state index is -0.598. The van der Waals surface area contributed by atoms with E-state index in [0.29, 0.717) is 0 Å². The first kappa shape index (κ1) is 13.4. The van der Waals surface area contributed by atoms with Crippen molar-refractivity contribution in [3.8, 4) is 5.88 Å². The predicted molar refractivity (Wildman–Crippen MR) is 67.6 cm³/mol. The molecule has 1 saturated heterocycles. The van der Waals surface area contributed by atoms with Crippen LogP contribution in [-0.2, 0) is 0 Å². The molecule has 0 spiro atoms. The molecule has 1 aromatic heterocycles. The van der Waals surface area contributed by atoms with E-state index in [1.807, 2.05) is 7.05 Å². The lowest BCUT2D eigenvalue weighted by atomic mass is 10.1. The monoisotopic (exact) mass is 268 g/mol. The van der Waals surface area contributed by atoms with Gasteiger partial charge in [0.25, 0.3) is 5.88 Å². The molecule has 0 radical (unpaired) electrons. The van der Waals surface area contributed by atoms with Crippen LogP contribution in [0.4, 0.5) is 11.5 Å². The van der Waals surface area contributed by atoms with E-state index >= 15 is 0 Å². The number of likely N-dealkylation sites (tertiary alicyclic amines) is 1. The third kappa shape index (κ3) is 3.06. The van der Waals surface area contributed by atoms with Gasteiger partial charge in [-0.3, -0.25) is 10.1 Å². The van der Waals surface area contributed by atoms with Gasteiger partial charge in [0, 0.05) is 13.1 Å². The summed E-state index contributed by atoms with van der Waals surface area (Å²) in [6.07, 6.45) is 2.73. The number of piperidine rings is 1. The molecule has 104 valence electrons. The van der Waals surface area contributed by atoms with E-state index in [4.69, 9.17) is 10.6 Å². The van der Waals surface area contributed by atoms with E-state index in [-0.39, 0.29) is 23.5 Å². The maximum absolute atomic E-state index is 11.0. The Balaban J connectivity index is 2.17. The lowest BCUT2D eigenvalue weighted by Gasteiger charge is -2.28. The van der Waals surface area contributed by atoms with E-state index in [0.717, 1.165) is 25.9 Å². The van der Waals surface area contributed by atoms with Crippen LogP contribution in [0, 0.1) is 10.1 Å². The van der Waals surface area contributed by atoms with Gasteiger partial charge in [0.05, 0.1) is 4.92 Å². The molecule has 1 aliphatic rings. The van der Waals surface area contributed by atoms with E-state index in [1.165, 1.54) is 6.33 Å². The second-order valence-corrected chi connectivity index (χ2v) is 4.40. The van der Waals surface area contributed by atoms with Gasteiger partial charge in [-0.1, -0.05) is 0 Å². The first-order valence-corrected chi connectivity index (χ1v) is 5.93. The smallest absolute Gasteiger partial charge is 0.374 e. The van der Waals surface area contributed by atoms with Gasteiger partial charge >= 0.3 is 5.69 Å². The Morgan fingerprint density at radius 3 is 2.79 bits per heavy atom. The van der Waals surface area contributed by atoms with Crippen LogP contribution in [0.1, 0.15) is 12.8 Å². The highest BCUT2D eigenvalue weighted by atomic mass is 16.6. The molecule has 0 aromatic carbocycles. The Kier molecular flexibility index (Phi) is 4.07. The fourth-order valence-electron chi connectivity index (χ4n) is 1.98. The number of anilines is 1. The Labute approximate surface area is 109 Å². The second-order valence-electron chi connectivity index (χ2n) is 4.40. The van der Waals surface area contributed by atoms with Crippen LogP contribution in [0.5, 0.6) is 5.88 Å². The number of nitro groups is 1. The molecule has 0 aliphatic carbocycles. The largest absolute Gasteiger partial charge is 0.469 e. The van der Waals surface area contributed by atoms with Crippen LogP contribution in [0.3, 0.4) is 0 Å². The molecule has 19 heavy (non-hydrogen) atoms. The summed E-state index contributed by atoms with van der Waals surface area (Å²) in [7, 11) is 2.03. The number of ether oxygens (including phenoxy) is 1. The predicted octanol–water partition coefficient (Wildman–Crippen LogP) is 0.143.